The molecule has 3 fully saturated rings. The Bertz CT molecular complexity index is 863. The van der Waals surface area contributed by atoms with Gasteiger partial charge in [-0.3, -0.25) is 14.6 Å². The lowest BCUT2D eigenvalue weighted by atomic mass is 9.91. The van der Waals surface area contributed by atoms with Crippen LogP contribution in [0.3, 0.4) is 0 Å². The Morgan fingerprint density at radius 1 is 1.19 bits per heavy atom. The first-order chi connectivity index (χ1) is 15.1. The van der Waals surface area contributed by atoms with Crippen LogP contribution in [-0.2, 0) is 14.3 Å². The minimum atomic E-state index is -0.669. The van der Waals surface area contributed by atoms with Crippen LogP contribution in [0, 0.1) is 5.92 Å². The van der Waals surface area contributed by atoms with Crippen LogP contribution in [0.25, 0.3) is 0 Å². The minimum Gasteiger partial charge on any atom is -0.444 e. The Morgan fingerprint density at radius 3 is 2.59 bits per heavy atom. The van der Waals surface area contributed by atoms with Crippen molar-refractivity contribution in [2.24, 2.45) is 5.92 Å². The quantitative estimate of drug-likeness (QED) is 0.777. The molecule has 32 heavy (non-hydrogen) atoms. The molecule has 3 aliphatic heterocycles. The zero-order valence-electron chi connectivity index (χ0n) is 19.4. The van der Waals surface area contributed by atoms with E-state index >= 15 is 0 Å². The summed E-state index contributed by atoms with van der Waals surface area (Å²) in [5.41, 5.74) is 0.502. The predicted molar refractivity (Wildman–Crippen MR) is 119 cm³/mol. The zero-order chi connectivity index (χ0) is 23.0. The maximum Gasteiger partial charge on any atom is 0.408 e. The summed E-state index contributed by atoms with van der Waals surface area (Å²) < 4.78 is 5.37. The van der Waals surface area contributed by atoms with E-state index in [9.17, 15) is 14.4 Å². The number of aromatic nitrogens is 1. The second kappa shape index (κ2) is 8.71. The molecule has 4 rings (SSSR count). The van der Waals surface area contributed by atoms with Gasteiger partial charge in [0.1, 0.15) is 17.7 Å². The maximum absolute atomic E-state index is 13.5. The molecule has 0 unspecified atom stereocenters. The molecular weight excluding hydrogens is 408 g/mol. The Morgan fingerprint density at radius 2 is 1.94 bits per heavy atom. The van der Waals surface area contributed by atoms with Gasteiger partial charge in [-0.2, -0.15) is 0 Å². The highest BCUT2D eigenvalue weighted by atomic mass is 16.6. The average Bonchev–Trinajstić information content (AvgIpc) is 3.03. The highest BCUT2D eigenvalue weighted by molar-refractivity contribution is 5.92. The molecule has 0 radical (unpaired) electrons. The molecule has 4 atom stereocenters. The lowest BCUT2D eigenvalue weighted by Crippen LogP contribution is -2.58. The van der Waals surface area contributed by atoms with Crippen molar-refractivity contribution in [3.8, 4) is 0 Å². The molecule has 0 spiro atoms. The molecule has 4 heterocycles. The van der Waals surface area contributed by atoms with Crippen molar-refractivity contribution >= 4 is 17.9 Å². The summed E-state index contributed by atoms with van der Waals surface area (Å²) in [5.74, 6) is 0.421. The van der Waals surface area contributed by atoms with Crippen LogP contribution >= 0.6 is 0 Å². The number of hydrogen-bond acceptors (Lipinski definition) is 5. The number of ether oxygens (including phenoxy) is 1. The summed E-state index contributed by atoms with van der Waals surface area (Å²) in [5, 5.41) is 2.77. The Kier molecular flexibility index (Phi) is 6.14. The smallest absolute Gasteiger partial charge is 0.408 e. The molecule has 0 saturated carbocycles. The average molecular weight is 443 g/mol. The van der Waals surface area contributed by atoms with Gasteiger partial charge in [0.05, 0.1) is 0 Å². The molecule has 174 valence electrons. The van der Waals surface area contributed by atoms with Crippen LogP contribution in [0.5, 0.6) is 0 Å². The first-order valence-electron chi connectivity index (χ1n) is 11.6. The fourth-order valence-corrected chi connectivity index (χ4v) is 5.20. The van der Waals surface area contributed by atoms with Gasteiger partial charge in [-0.15, -0.1) is 0 Å². The minimum absolute atomic E-state index is 0.0200. The molecule has 0 bridgehead atoms. The molecule has 0 aromatic carbocycles. The number of rotatable bonds is 3. The van der Waals surface area contributed by atoms with Gasteiger partial charge in [-0.1, -0.05) is 13.0 Å². The van der Waals surface area contributed by atoms with Crippen LogP contribution in [0.1, 0.15) is 64.9 Å². The second-order valence-corrected chi connectivity index (χ2v) is 10.5. The highest BCUT2D eigenvalue weighted by Gasteiger charge is 2.48. The van der Waals surface area contributed by atoms with Gasteiger partial charge in [0.25, 0.3) is 0 Å². The van der Waals surface area contributed by atoms with Crippen LogP contribution in [-0.4, -0.2) is 69.5 Å². The highest BCUT2D eigenvalue weighted by Crippen LogP contribution is 2.36. The third kappa shape index (κ3) is 4.74. The zero-order valence-corrected chi connectivity index (χ0v) is 19.4. The van der Waals surface area contributed by atoms with Gasteiger partial charge >= 0.3 is 6.09 Å². The van der Waals surface area contributed by atoms with Gasteiger partial charge in [0.15, 0.2) is 0 Å². The van der Waals surface area contributed by atoms with Crippen molar-refractivity contribution in [1.29, 1.82) is 0 Å². The lowest BCUT2D eigenvalue weighted by molar-refractivity contribution is -0.148. The molecule has 3 amide bonds. The standard InChI is InChI=1S/C24H34N4O4/c1-15-10-18-7-8-20(22(30)27-13-17(14-27)16-6-5-9-25-12-16)28(18)21(29)19(11-15)26-23(31)32-24(2,3)4/h5-6,9,12,15,17-20H,7-8,10-11,13-14H2,1-4H3,(H,26,31)/t15-,18+,19-,20-/m0/s1. The molecule has 1 aromatic rings. The molecule has 1 aromatic heterocycles. The summed E-state index contributed by atoms with van der Waals surface area (Å²) in [6, 6.07) is 2.88. The van der Waals surface area contributed by atoms with Crippen LogP contribution in [0.15, 0.2) is 24.5 Å². The molecular formula is C24H34N4O4. The number of alkyl carbamates (subject to hydrolysis) is 1. The molecule has 3 saturated heterocycles. The number of carbonyl (C=O) groups is 3. The van der Waals surface area contributed by atoms with E-state index in [1.807, 2.05) is 23.2 Å². The van der Waals surface area contributed by atoms with E-state index in [-0.39, 0.29) is 23.8 Å². The van der Waals surface area contributed by atoms with Crippen molar-refractivity contribution < 1.29 is 19.1 Å². The molecule has 8 nitrogen and oxygen atoms in total. The molecule has 1 N–H and O–H groups in total. The third-order valence-electron chi connectivity index (χ3n) is 6.69. The second-order valence-electron chi connectivity index (χ2n) is 10.5. The monoisotopic (exact) mass is 442 g/mol. The Labute approximate surface area is 189 Å². The first kappa shape index (κ1) is 22.6. The van der Waals surface area contributed by atoms with Crippen molar-refractivity contribution in [2.75, 3.05) is 13.1 Å². The van der Waals surface area contributed by atoms with E-state index in [2.05, 4.69) is 17.2 Å². The van der Waals surface area contributed by atoms with Crippen LogP contribution < -0.4 is 5.32 Å². The topological polar surface area (TPSA) is 91.8 Å². The van der Waals surface area contributed by atoms with Gasteiger partial charge in [-0.25, -0.2) is 4.79 Å². The largest absolute Gasteiger partial charge is 0.444 e. The lowest BCUT2D eigenvalue weighted by Gasteiger charge is -2.42. The van der Waals surface area contributed by atoms with Crippen LogP contribution in [0.4, 0.5) is 4.79 Å². The first-order valence-corrected chi connectivity index (χ1v) is 11.6. The van der Waals surface area contributed by atoms with Gasteiger partial charge in [0, 0.05) is 37.4 Å². The van der Waals surface area contributed by atoms with Crippen molar-refractivity contribution in [3.63, 3.8) is 0 Å². The van der Waals surface area contributed by atoms with E-state index in [1.165, 1.54) is 0 Å². The number of amides is 3. The van der Waals surface area contributed by atoms with E-state index in [0.29, 0.717) is 31.8 Å². The summed E-state index contributed by atoms with van der Waals surface area (Å²) in [7, 11) is 0. The summed E-state index contributed by atoms with van der Waals surface area (Å²) >= 11 is 0. The number of pyridine rings is 1. The van der Waals surface area contributed by atoms with E-state index in [0.717, 1.165) is 18.4 Å². The van der Waals surface area contributed by atoms with Crippen LogP contribution in [0.2, 0.25) is 0 Å². The predicted octanol–water partition coefficient (Wildman–Crippen LogP) is 2.69. The summed E-state index contributed by atoms with van der Waals surface area (Å²) in [6.07, 6.45) is 5.91. The fourth-order valence-electron chi connectivity index (χ4n) is 5.20. The molecule has 8 heteroatoms. The van der Waals surface area contributed by atoms with Gasteiger partial charge in [0.2, 0.25) is 11.8 Å². The molecule has 3 aliphatic rings. The van der Waals surface area contributed by atoms with Crippen molar-refractivity contribution in [2.45, 2.75) is 83.0 Å². The van der Waals surface area contributed by atoms with E-state index in [1.54, 1.807) is 31.9 Å². The third-order valence-corrected chi connectivity index (χ3v) is 6.69. The fraction of sp³-hybridized carbons (Fsp3) is 0.667. The van der Waals surface area contributed by atoms with E-state index < -0.39 is 23.8 Å². The Hall–Kier alpha value is -2.64. The Balaban J connectivity index is 1.43. The maximum atomic E-state index is 13.5. The van der Waals surface area contributed by atoms with Crippen molar-refractivity contribution in [3.05, 3.63) is 30.1 Å². The SMILES string of the molecule is C[C@H]1C[C@H]2CC[C@@H](C(=O)N3CC(c4cccnc4)C3)N2C(=O)[C@@H](NC(=O)OC(C)(C)C)C1. The number of likely N-dealkylation sites (tertiary alicyclic amines) is 1. The number of nitrogens with one attached hydrogen (secondary N) is 1. The molecule has 0 aliphatic carbocycles. The van der Waals surface area contributed by atoms with Gasteiger partial charge < -0.3 is 19.9 Å². The summed E-state index contributed by atoms with van der Waals surface area (Å²) in [4.78, 5) is 46.9. The number of hydrogen-bond donors (Lipinski definition) is 1. The van der Waals surface area contributed by atoms with E-state index in [4.69, 9.17) is 4.74 Å². The summed E-state index contributed by atoms with van der Waals surface area (Å²) in [6.45, 7) is 8.79. The number of fused-ring (bicyclic) bond motifs is 1. The number of nitrogens with zero attached hydrogens (tertiary/aromatic N) is 3. The van der Waals surface area contributed by atoms with Crippen molar-refractivity contribution in [1.82, 2.24) is 20.1 Å². The number of carbonyl (C=O) groups excluding carboxylic acids is 3. The normalized spacial score (nSPS) is 28.6. The van der Waals surface area contributed by atoms with Gasteiger partial charge in [-0.05, 0) is 64.0 Å².